The Bertz CT molecular complexity index is 400. The topological polar surface area (TPSA) is 50.2 Å². The molecule has 1 aromatic heterocycles. The van der Waals surface area contributed by atoms with Crippen LogP contribution in [0.25, 0.3) is 0 Å². The van der Waals surface area contributed by atoms with Crippen LogP contribution in [0.2, 0.25) is 5.15 Å². The Morgan fingerprint density at radius 2 is 2.27 bits per heavy atom. The predicted octanol–water partition coefficient (Wildman–Crippen LogP) is 3.27. The number of pyridine rings is 1. The number of hydrogen-bond acceptors (Lipinski definition) is 2. The van der Waals surface area contributed by atoms with Crippen LogP contribution in [0.15, 0.2) is 6.07 Å². The summed E-state index contributed by atoms with van der Waals surface area (Å²) in [5.41, 5.74) is -1.00. The summed E-state index contributed by atoms with van der Waals surface area (Å²) < 4.78 is 24.9. The van der Waals surface area contributed by atoms with Crippen molar-refractivity contribution >= 4 is 33.5 Å². The zero-order chi connectivity index (χ0) is 11.6. The lowest BCUT2D eigenvalue weighted by Gasteiger charge is -2.07. The van der Waals surface area contributed by atoms with Gasteiger partial charge in [0.2, 0.25) is 0 Å². The molecule has 1 N–H and O–H groups in total. The molecule has 3 nitrogen and oxygen atoms in total. The molecular formula is C8H5BrClF2NO2. The van der Waals surface area contributed by atoms with Gasteiger partial charge in [-0.2, -0.15) is 0 Å². The summed E-state index contributed by atoms with van der Waals surface area (Å²) in [6, 6.07) is 1.04. The van der Waals surface area contributed by atoms with Gasteiger partial charge in [0.25, 0.3) is 6.43 Å². The van der Waals surface area contributed by atoms with Crippen molar-refractivity contribution in [2.75, 3.05) is 0 Å². The van der Waals surface area contributed by atoms with Gasteiger partial charge in [0.15, 0.2) is 5.69 Å². The summed E-state index contributed by atoms with van der Waals surface area (Å²) in [6.07, 6.45) is -2.89. The van der Waals surface area contributed by atoms with Crippen molar-refractivity contribution in [2.45, 2.75) is 11.8 Å². The maximum Gasteiger partial charge on any atom is 0.355 e. The van der Waals surface area contributed by atoms with Crippen molar-refractivity contribution in [2.24, 2.45) is 0 Å². The molecule has 0 saturated carbocycles. The summed E-state index contributed by atoms with van der Waals surface area (Å²) in [5, 5.41) is 8.78. The molecule has 0 fully saturated rings. The molecule has 0 saturated heterocycles. The molecule has 0 amide bonds. The Kier molecular flexibility index (Phi) is 3.98. The molecule has 7 heteroatoms. The summed E-state index contributed by atoms with van der Waals surface area (Å²) in [6.45, 7) is 0. The zero-order valence-corrected chi connectivity index (χ0v) is 9.52. The van der Waals surface area contributed by atoms with Gasteiger partial charge < -0.3 is 5.11 Å². The minimum Gasteiger partial charge on any atom is -0.476 e. The van der Waals surface area contributed by atoms with Crippen LogP contribution in [-0.4, -0.2) is 16.1 Å². The van der Waals surface area contributed by atoms with Gasteiger partial charge in [-0.05, 0) is 6.07 Å². The number of carbonyl (C=O) groups is 1. The van der Waals surface area contributed by atoms with E-state index in [1.807, 2.05) is 0 Å². The number of aromatic carboxylic acids is 1. The third kappa shape index (κ3) is 2.63. The molecule has 0 aliphatic carbocycles. The van der Waals surface area contributed by atoms with Crippen LogP contribution in [0.3, 0.4) is 0 Å². The van der Waals surface area contributed by atoms with Crippen LogP contribution in [0.4, 0.5) is 8.78 Å². The molecule has 82 valence electrons. The first-order valence-corrected chi connectivity index (χ1v) is 5.24. The van der Waals surface area contributed by atoms with E-state index in [9.17, 15) is 13.6 Å². The van der Waals surface area contributed by atoms with Crippen LogP contribution in [0.5, 0.6) is 0 Å². The molecular weight excluding hydrogens is 295 g/mol. The van der Waals surface area contributed by atoms with Crippen LogP contribution >= 0.6 is 27.5 Å². The molecule has 0 aliphatic heterocycles. The fourth-order valence-corrected chi connectivity index (χ4v) is 1.78. The first-order valence-electron chi connectivity index (χ1n) is 3.74. The van der Waals surface area contributed by atoms with Crippen molar-refractivity contribution in [1.29, 1.82) is 0 Å². The first kappa shape index (κ1) is 12.3. The summed E-state index contributed by atoms with van der Waals surface area (Å²) in [4.78, 5) is 14.0. The number of nitrogens with zero attached hydrogens (tertiary/aromatic N) is 1. The largest absolute Gasteiger partial charge is 0.476 e. The second-order valence-corrected chi connectivity index (χ2v) is 3.53. The Labute approximate surface area is 97.2 Å². The van der Waals surface area contributed by atoms with Crippen molar-refractivity contribution < 1.29 is 18.7 Å². The minimum atomic E-state index is -2.89. The third-order valence-corrected chi connectivity index (χ3v) is 2.59. The molecule has 1 rings (SSSR count). The number of hydrogen-bond donors (Lipinski definition) is 1. The van der Waals surface area contributed by atoms with Crippen molar-refractivity contribution in [3.05, 3.63) is 28.0 Å². The molecule has 0 unspecified atom stereocenters. The van der Waals surface area contributed by atoms with E-state index in [-0.39, 0.29) is 10.5 Å². The average molecular weight is 300 g/mol. The molecule has 0 radical (unpaired) electrons. The first-order chi connectivity index (χ1) is 6.97. The SMILES string of the molecule is O=C(O)c1nc(Cl)c(CBr)cc1C(F)F. The smallest absolute Gasteiger partial charge is 0.355 e. The lowest BCUT2D eigenvalue weighted by molar-refractivity contribution is 0.0677. The van der Waals surface area contributed by atoms with Crippen LogP contribution in [-0.2, 0) is 5.33 Å². The van der Waals surface area contributed by atoms with E-state index in [1.165, 1.54) is 0 Å². The normalized spacial score (nSPS) is 10.7. The standard InChI is InChI=1S/C8H5BrClF2NO2/c9-2-3-1-4(7(11)12)5(8(14)15)13-6(3)10/h1,7H,2H2,(H,14,15). The molecule has 0 spiro atoms. The quantitative estimate of drug-likeness (QED) is 0.688. The Morgan fingerprint density at radius 3 is 2.67 bits per heavy atom. The number of alkyl halides is 3. The lowest BCUT2D eigenvalue weighted by atomic mass is 10.1. The molecule has 0 atom stereocenters. The minimum absolute atomic E-state index is 0.0892. The van der Waals surface area contributed by atoms with E-state index < -0.39 is 23.7 Å². The number of aromatic nitrogens is 1. The van der Waals surface area contributed by atoms with E-state index in [4.69, 9.17) is 16.7 Å². The highest BCUT2D eigenvalue weighted by Gasteiger charge is 2.21. The average Bonchev–Trinajstić information content (AvgIpc) is 2.16. The molecule has 15 heavy (non-hydrogen) atoms. The van der Waals surface area contributed by atoms with Gasteiger partial charge in [-0.1, -0.05) is 27.5 Å². The fraction of sp³-hybridized carbons (Fsp3) is 0.250. The van der Waals surface area contributed by atoms with E-state index in [2.05, 4.69) is 20.9 Å². The Morgan fingerprint density at radius 1 is 1.67 bits per heavy atom. The number of carboxylic acids is 1. The third-order valence-electron chi connectivity index (χ3n) is 1.66. The molecule has 0 bridgehead atoms. The van der Waals surface area contributed by atoms with E-state index in [0.29, 0.717) is 5.56 Å². The number of halogens is 4. The van der Waals surface area contributed by atoms with Crippen molar-refractivity contribution in [1.82, 2.24) is 4.98 Å². The highest BCUT2D eigenvalue weighted by Crippen LogP contribution is 2.27. The molecule has 0 aromatic carbocycles. The highest BCUT2D eigenvalue weighted by atomic mass is 79.9. The maximum atomic E-state index is 12.5. The Hall–Kier alpha value is -0.750. The monoisotopic (exact) mass is 299 g/mol. The van der Waals surface area contributed by atoms with Crippen molar-refractivity contribution in [3.63, 3.8) is 0 Å². The lowest BCUT2D eigenvalue weighted by Crippen LogP contribution is -2.08. The van der Waals surface area contributed by atoms with Gasteiger partial charge in [-0.15, -0.1) is 0 Å². The predicted molar refractivity (Wildman–Crippen MR) is 53.8 cm³/mol. The van der Waals surface area contributed by atoms with E-state index >= 15 is 0 Å². The summed E-state index contributed by atoms with van der Waals surface area (Å²) >= 11 is 8.64. The second-order valence-electron chi connectivity index (χ2n) is 2.62. The maximum absolute atomic E-state index is 12.5. The van der Waals surface area contributed by atoms with Crippen LogP contribution in [0, 0.1) is 0 Å². The van der Waals surface area contributed by atoms with Gasteiger partial charge in [0.1, 0.15) is 5.15 Å². The number of carboxylic acid groups (broad SMARTS) is 1. The van der Waals surface area contributed by atoms with Gasteiger partial charge in [0, 0.05) is 10.9 Å². The van der Waals surface area contributed by atoms with Crippen molar-refractivity contribution in [3.8, 4) is 0 Å². The van der Waals surface area contributed by atoms with Gasteiger partial charge in [-0.3, -0.25) is 0 Å². The summed E-state index contributed by atoms with van der Waals surface area (Å²) in [7, 11) is 0. The van der Waals surface area contributed by atoms with Gasteiger partial charge in [-0.25, -0.2) is 18.6 Å². The molecule has 1 aromatic rings. The Balaban J connectivity index is 3.38. The zero-order valence-electron chi connectivity index (χ0n) is 7.18. The molecule has 0 aliphatic rings. The van der Waals surface area contributed by atoms with Gasteiger partial charge in [0.05, 0.1) is 5.56 Å². The van der Waals surface area contributed by atoms with E-state index in [0.717, 1.165) is 6.07 Å². The summed E-state index contributed by atoms with van der Waals surface area (Å²) in [5.74, 6) is -1.52. The van der Waals surface area contributed by atoms with Gasteiger partial charge >= 0.3 is 5.97 Å². The fourth-order valence-electron chi connectivity index (χ4n) is 0.981. The van der Waals surface area contributed by atoms with Crippen LogP contribution in [0.1, 0.15) is 28.0 Å². The molecule has 1 heterocycles. The number of rotatable bonds is 3. The van der Waals surface area contributed by atoms with Crippen LogP contribution < -0.4 is 0 Å². The highest BCUT2D eigenvalue weighted by molar-refractivity contribution is 9.08. The van der Waals surface area contributed by atoms with E-state index in [1.54, 1.807) is 0 Å². The second kappa shape index (κ2) is 4.85.